The third-order valence-corrected chi connectivity index (χ3v) is 8.74. The third kappa shape index (κ3) is 1.56. The molecule has 0 amide bonds. The minimum absolute atomic E-state index is 0.775. The highest BCUT2D eigenvalue weighted by atomic mass is 32.4. The summed E-state index contributed by atoms with van der Waals surface area (Å²) in [4.78, 5) is 0. The molecule has 1 atom stereocenters. The maximum Gasteiger partial charge on any atom is 0.405 e. The average molecular weight is 178 g/mol. The van der Waals surface area contributed by atoms with Gasteiger partial charge in [0.2, 0.25) is 0 Å². The zero-order chi connectivity index (χ0) is 7.61. The SMILES string of the molecule is CO[Si]1(OC)CC(C)CS1. The van der Waals surface area contributed by atoms with Crippen molar-refractivity contribution in [1.82, 2.24) is 0 Å². The molecule has 0 saturated carbocycles. The Morgan fingerprint density at radius 3 is 2.20 bits per heavy atom. The Morgan fingerprint density at radius 2 is 2.00 bits per heavy atom. The molecule has 1 rings (SSSR count). The molecule has 0 radical (unpaired) electrons. The summed E-state index contributed by atoms with van der Waals surface area (Å²) in [5.74, 6) is 1.98. The molecule has 0 N–H and O–H groups in total. The maximum absolute atomic E-state index is 5.40. The molecule has 0 aromatic rings. The van der Waals surface area contributed by atoms with Crippen LogP contribution < -0.4 is 0 Å². The molecule has 1 unspecified atom stereocenters. The lowest BCUT2D eigenvalue weighted by atomic mass is 10.3. The van der Waals surface area contributed by atoms with Crippen LogP contribution >= 0.6 is 11.2 Å². The predicted molar refractivity (Wildman–Crippen MR) is 46.2 cm³/mol. The number of hydrogen-bond acceptors (Lipinski definition) is 3. The van der Waals surface area contributed by atoms with E-state index < -0.39 is 7.71 Å². The molecule has 1 aliphatic heterocycles. The minimum Gasteiger partial charge on any atom is -0.390 e. The summed E-state index contributed by atoms with van der Waals surface area (Å²) in [5, 5.41) is 0. The van der Waals surface area contributed by atoms with Crippen LogP contribution in [-0.4, -0.2) is 27.7 Å². The first-order chi connectivity index (χ1) is 4.72. The van der Waals surface area contributed by atoms with Gasteiger partial charge in [0.05, 0.1) is 0 Å². The summed E-state index contributed by atoms with van der Waals surface area (Å²) < 4.78 is 10.8. The lowest BCUT2D eigenvalue weighted by Gasteiger charge is -2.19. The molecule has 1 aliphatic rings. The smallest absolute Gasteiger partial charge is 0.390 e. The van der Waals surface area contributed by atoms with E-state index in [0.717, 1.165) is 12.0 Å². The predicted octanol–water partition coefficient (Wildman–Crippen LogP) is 1.60. The van der Waals surface area contributed by atoms with E-state index in [0.29, 0.717) is 0 Å². The van der Waals surface area contributed by atoms with Crippen molar-refractivity contribution in [3.63, 3.8) is 0 Å². The van der Waals surface area contributed by atoms with Crippen molar-refractivity contribution in [2.45, 2.75) is 13.0 Å². The van der Waals surface area contributed by atoms with E-state index in [9.17, 15) is 0 Å². The van der Waals surface area contributed by atoms with Crippen molar-refractivity contribution >= 4 is 18.9 Å². The van der Waals surface area contributed by atoms with Gasteiger partial charge in [-0.05, 0) is 11.7 Å². The van der Waals surface area contributed by atoms with Crippen LogP contribution in [0.15, 0.2) is 0 Å². The zero-order valence-corrected chi connectivity index (χ0v) is 8.53. The highest BCUT2D eigenvalue weighted by Crippen LogP contribution is 2.38. The summed E-state index contributed by atoms with van der Waals surface area (Å²) in [6.45, 7) is 2.25. The van der Waals surface area contributed by atoms with Crippen LogP contribution in [0, 0.1) is 5.92 Å². The van der Waals surface area contributed by atoms with E-state index in [1.807, 2.05) is 11.2 Å². The molecule has 2 nitrogen and oxygen atoms in total. The van der Waals surface area contributed by atoms with Gasteiger partial charge in [-0.15, -0.1) is 11.2 Å². The molecule has 0 aromatic carbocycles. The quantitative estimate of drug-likeness (QED) is 0.598. The fraction of sp³-hybridized carbons (Fsp3) is 1.00. The van der Waals surface area contributed by atoms with Gasteiger partial charge in [-0.3, -0.25) is 0 Å². The van der Waals surface area contributed by atoms with Gasteiger partial charge in [0.25, 0.3) is 0 Å². The molecular formula is C6H14O2SSi. The topological polar surface area (TPSA) is 18.5 Å². The molecule has 0 bridgehead atoms. The Bertz CT molecular complexity index is 116. The molecular weight excluding hydrogens is 164 g/mol. The Kier molecular flexibility index (Phi) is 2.79. The van der Waals surface area contributed by atoms with Crippen molar-refractivity contribution in [2.75, 3.05) is 20.0 Å². The van der Waals surface area contributed by atoms with Crippen LogP contribution in [0.2, 0.25) is 6.04 Å². The van der Waals surface area contributed by atoms with Crippen LogP contribution in [0.3, 0.4) is 0 Å². The third-order valence-electron chi connectivity index (χ3n) is 1.81. The number of hydrogen-bond donors (Lipinski definition) is 0. The van der Waals surface area contributed by atoms with Crippen molar-refractivity contribution in [3.8, 4) is 0 Å². The van der Waals surface area contributed by atoms with Gasteiger partial charge < -0.3 is 8.85 Å². The first kappa shape index (κ1) is 8.58. The summed E-state index contributed by atoms with van der Waals surface area (Å²) in [6, 6.07) is 1.14. The van der Waals surface area contributed by atoms with Gasteiger partial charge in [0.1, 0.15) is 0 Å². The molecule has 0 aliphatic carbocycles. The molecule has 0 aromatic heterocycles. The second-order valence-electron chi connectivity index (χ2n) is 2.71. The van der Waals surface area contributed by atoms with E-state index >= 15 is 0 Å². The van der Waals surface area contributed by atoms with Gasteiger partial charge in [-0.25, -0.2) is 0 Å². The first-order valence-corrected chi connectivity index (χ1v) is 7.20. The Morgan fingerprint density at radius 1 is 1.40 bits per heavy atom. The van der Waals surface area contributed by atoms with Crippen LogP contribution in [0.25, 0.3) is 0 Å². The Balaban J connectivity index is 2.51. The molecule has 4 heteroatoms. The van der Waals surface area contributed by atoms with E-state index in [1.54, 1.807) is 14.2 Å². The van der Waals surface area contributed by atoms with E-state index in [2.05, 4.69) is 6.92 Å². The second-order valence-corrected chi connectivity index (χ2v) is 8.66. The summed E-state index contributed by atoms with van der Waals surface area (Å²) in [6.07, 6.45) is 0. The molecule has 1 fully saturated rings. The first-order valence-electron chi connectivity index (χ1n) is 3.46. The maximum atomic E-state index is 5.40. The molecule has 60 valence electrons. The van der Waals surface area contributed by atoms with Crippen LogP contribution in [0.5, 0.6) is 0 Å². The highest BCUT2D eigenvalue weighted by Gasteiger charge is 2.43. The summed E-state index contributed by atoms with van der Waals surface area (Å²) in [5.41, 5.74) is 0. The fourth-order valence-corrected chi connectivity index (χ4v) is 7.43. The molecule has 0 spiro atoms. The summed E-state index contributed by atoms with van der Waals surface area (Å²) >= 11 is 1.89. The van der Waals surface area contributed by atoms with Gasteiger partial charge >= 0.3 is 7.71 Å². The van der Waals surface area contributed by atoms with Gasteiger partial charge in [-0.1, -0.05) is 6.92 Å². The highest BCUT2D eigenvalue weighted by molar-refractivity contribution is 8.27. The Labute approximate surface area is 67.2 Å². The Hall–Kier alpha value is 0.487. The lowest BCUT2D eigenvalue weighted by molar-refractivity contribution is 0.266. The molecule has 1 saturated heterocycles. The van der Waals surface area contributed by atoms with Gasteiger partial charge in [0.15, 0.2) is 0 Å². The normalized spacial score (nSPS) is 30.9. The summed E-state index contributed by atoms with van der Waals surface area (Å²) in [7, 11) is 1.80. The van der Waals surface area contributed by atoms with Crippen molar-refractivity contribution in [2.24, 2.45) is 5.92 Å². The molecule has 10 heavy (non-hydrogen) atoms. The van der Waals surface area contributed by atoms with Crippen LogP contribution in [0.1, 0.15) is 6.92 Å². The minimum atomic E-state index is -1.73. The zero-order valence-electron chi connectivity index (χ0n) is 6.72. The number of rotatable bonds is 2. The van der Waals surface area contributed by atoms with E-state index in [4.69, 9.17) is 8.85 Å². The lowest BCUT2D eigenvalue weighted by Crippen LogP contribution is -2.33. The van der Waals surface area contributed by atoms with E-state index in [1.165, 1.54) is 5.75 Å². The molecule has 1 heterocycles. The van der Waals surface area contributed by atoms with Gasteiger partial charge in [-0.2, -0.15) is 0 Å². The van der Waals surface area contributed by atoms with E-state index in [-0.39, 0.29) is 0 Å². The van der Waals surface area contributed by atoms with Crippen molar-refractivity contribution < 1.29 is 8.85 Å². The van der Waals surface area contributed by atoms with Crippen molar-refractivity contribution in [1.29, 1.82) is 0 Å². The standard InChI is InChI=1S/C6H14O2SSi/c1-6-4-9-10(5-6,7-2)8-3/h6H,4-5H2,1-3H3. The fourth-order valence-electron chi connectivity index (χ4n) is 1.18. The second kappa shape index (κ2) is 3.26. The van der Waals surface area contributed by atoms with Crippen LogP contribution in [-0.2, 0) is 8.85 Å². The van der Waals surface area contributed by atoms with Crippen LogP contribution in [0.4, 0.5) is 0 Å². The average Bonchev–Trinajstić information content (AvgIpc) is 2.33. The monoisotopic (exact) mass is 178 g/mol. The largest absolute Gasteiger partial charge is 0.405 e. The van der Waals surface area contributed by atoms with Crippen molar-refractivity contribution in [3.05, 3.63) is 0 Å². The van der Waals surface area contributed by atoms with Gasteiger partial charge in [0, 0.05) is 20.3 Å².